The van der Waals surface area contributed by atoms with Crippen molar-refractivity contribution in [3.8, 4) is 5.75 Å². The Labute approximate surface area is 195 Å². The average Bonchev–Trinajstić information content (AvgIpc) is 2.77. The number of hydrogen-bond acceptors (Lipinski definition) is 3. The number of halogens is 2. The molecule has 0 unspecified atom stereocenters. The van der Waals surface area contributed by atoms with Gasteiger partial charge in [0.15, 0.2) is 5.96 Å². The van der Waals surface area contributed by atoms with Crippen LogP contribution in [-0.4, -0.2) is 39.4 Å². The second-order valence-electron chi connectivity index (χ2n) is 7.30. The van der Waals surface area contributed by atoms with E-state index in [1.165, 1.54) is 12.1 Å². The lowest BCUT2D eigenvalue weighted by atomic mass is 9.74. The summed E-state index contributed by atoms with van der Waals surface area (Å²) in [4.78, 5) is 4.73. The van der Waals surface area contributed by atoms with Gasteiger partial charge in [0.05, 0.1) is 13.7 Å². The summed E-state index contributed by atoms with van der Waals surface area (Å²) in [6, 6.07) is 14.8. The van der Waals surface area contributed by atoms with E-state index in [2.05, 4.69) is 10.6 Å². The Morgan fingerprint density at radius 2 is 1.87 bits per heavy atom. The summed E-state index contributed by atoms with van der Waals surface area (Å²) in [6.45, 7) is 5.50. The molecule has 2 aromatic rings. The maximum atomic E-state index is 13.4. The lowest BCUT2D eigenvalue weighted by Crippen LogP contribution is -2.48. The molecule has 0 bridgehead atoms. The number of benzene rings is 2. The van der Waals surface area contributed by atoms with Crippen LogP contribution in [0, 0.1) is 5.82 Å². The fourth-order valence-electron chi connectivity index (χ4n) is 3.67. The molecule has 3 rings (SSSR count). The minimum atomic E-state index is -0.211. The van der Waals surface area contributed by atoms with Gasteiger partial charge in [-0.1, -0.05) is 24.3 Å². The molecule has 1 fully saturated rings. The smallest absolute Gasteiger partial charge is 0.191 e. The van der Waals surface area contributed by atoms with Gasteiger partial charge in [0.25, 0.3) is 0 Å². The number of nitrogens with zero attached hydrogens (tertiary/aromatic N) is 1. The Bertz CT molecular complexity index is 808. The number of aliphatic imine (C=N–C) groups is 1. The zero-order valence-electron chi connectivity index (χ0n) is 17.6. The van der Waals surface area contributed by atoms with Gasteiger partial charge in [-0.25, -0.2) is 9.38 Å². The summed E-state index contributed by atoms with van der Waals surface area (Å²) in [7, 11) is 1.66. The van der Waals surface area contributed by atoms with Gasteiger partial charge >= 0.3 is 0 Å². The molecule has 0 spiro atoms. The van der Waals surface area contributed by atoms with Gasteiger partial charge in [-0.3, -0.25) is 0 Å². The van der Waals surface area contributed by atoms with Crippen molar-refractivity contribution >= 4 is 29.9 Å². The Kier molecular flexibility index (Phi) is 9.84. The normalized spacial score (nSPS) is 15.8. The number of hydrogen-bond donors (Lipinski definition) is 2. The quantitative estimate of drug-likeness (QED) is 0.321. The highest BCUT2D eigenvalue weighted by Gasteiger charge is 2.34. The Hall–Kier alpha value is -1.87. The van der Waals surface area contributed by atoms with E-state index in [4.69, 9.17) is 14.5 Å². The van der Waals surface area contributed by atoms with E-state index in [0.717, 1.165) is 42.2 Å². The predicted molar refractivity (Wildman–Crippen MR) is 129 cm³/mol. The predicted octanol–water partition coefficient (Wildman–Crippen LogP) is 4.26. The van der Waals surface area contributed by atoms with Crippen molar-refractivity contribution in [2.75, 3.05) is 33.4 Å². The molecule has 7 heteroatoms. The molecule has 1 aliphatic rings. The first-order chi connectivity index (χ1) is 14.1. The largest absolute Gasteiger partial charge is 0.497 e. The maximum Gasteiger partial charge on any atom is 0.191 e. The third-order valence-electron chi connectivity index (χ3n) is 5.40. The van der Waals surface area contributed by atoms with Crippen molar-refractivity contribution < 1.29 is 13.9 Å². The molecule has 0 amide bonds. The van der Waals surface area contributed by atoms with Gasteiger partial charge in [-0.05, 0) is 55.2 Å². The second-order valence-corrected chi connectivity index (χ2v) is 7.30. The first kappa shape index (κ1) is 24.4. The Morgan fingerprint density at radius 3 is 2.53 bits per heavy atom. The van der Waals surface area contributed by atoms with E-state index in [-0.39, 0.29) is 35.2 Å². The van der Waals surface area contributed by atoms with Gasteiger partial charge in [0.1, 0.15) is 11.6 Å². The van der Waals surface area contributed by atoms with E-state index in [1.54, 1.807) is 7.11 Å². The van der Waals surface area contributed by atoms with E-state index in [1.807, 2.05) is 43.3 Å². The standard InChI is InChI=1S/C23H30FN3O2.HI/c1-3-25-22(26-16-18-5-4-6-21(15-18)28-2)27-17-23(11-13-29-14-12-23)19-7-9-20(24)10-8-19;/h4-10,15H,3,11-14,16-17H2,1-2H3,(H2,25,26,27);1H. The second kappa shape index (κ2) is 12.1. The Balaban J connectivity index is 0.00000320. The maximum absolute atomic E-state index is 13.4. The van der Waals surface area contributed by atoms with Crippen LogP contribution in [-0.2, 0) is 16.7 Å². The van der Waals surface area contributed by atoms with Crippen molar-refractivity contribution in [2.24, 2.45) is 4.99 Å². The number of rotatable bonds is 7. The van der Waals surface area contributed by atoms with Gasteiger partial charge in [-0.2, -0.15) is 0 Å². The van der Waals surface area contributed by atoms with Crippen LogP contribution in [0.4, 0.5) is 4.39 Å². The molecule has 1 aliphatic heterocycles. The molecule has 2 N–H and O–H groups in total. The minimum Gasteiger partial charge on any atom is -0.497 e. The van der Waals surface area contributed by atoms with E-state index in [0.29, 0.717) is 26.3 Å². The van der Waals surface area contributed by atoms with Crippen molar-refractivity contribution in [1.29, 1.82) is 0 Å². The minimum absolute atomic E-state index is 0. The van der Waals surface area contributed by atoms with Gasteiger partial charge < -0.3 is 20.1 Å². The molecule has 0 atom stereocenters. The van der Waals surface area contributed by atoms with Crippen LogP contribution in [0.1, 0.15) is 30.9 Å². The molecule has 164 valence electrons. The summed E-state index contributed by atoms with van der Waals surface area (Å²) in [5.41, 5.74) is 2.12. The molecule has 0 saturated carbocycles. The molecule has 2 aromatic carbocycles. The van der Waals surface area contributed by atoms with Crippen molar-refractivity contribution in [3.63, 3.8) is 0 Å². The Morgan fingerprint density at radius 1 is 1.13 bits per heavy atom. The zero-order valence-corrected chi connectivity index (χ0v) is 19.9. The first-order valence-corrected chi connectivity index (χ1v) is 10.1. The summed E-state index contributed by atoms with van der Waals surface area (Å²) < 4.78 is 24.3. The van der Waals surface area contributed by atoms with Crippen LogP contribution >= 0.6 is 24.0 Å². The molecular weight excluding hydrogens is 496 g/mol. The third kappa shape index (κ3) is 6.57. The SMILES string of the molecule is CCNC(=NCc1cccc(OC)c1)NCC1(c2ccc(F)cc2)CCOCC1.I. The lowest BCUT2D eigenvalue weighted by molar-refractivity contribution is 0.0513. The van der Waals surface area contributed by atoms with Gasteiger partial charge in [0, 0.05) is 31.7 Å². The van der Waals surface area contributed by atoms with Crippen molar-refractivity contribution in [1.82, 2.24) is 10.6 Å². The number of guanidine groups is 1. The van der Waals surface area contributed by atoms with Gasteiger partial charge in [0.2, 0.25) is 0 Å². The zero-order chi connectivity index (χ0) is 20.5. The molecule has 1 saturated heterocycles. The number of ether oxygens (including phenoxy) is 2. The van der Waals surface area contributed by atoms with Crippen LogP contribution in [0.15, 0.2) is 53.5 Å². The highest BCUT2D eigenvalue weighted by Crippen LogP contribution is 2.34. The molecular formula is C23H31FIN3O2. The van der Waals surface area contributed by atoms with Crippen molar-refractivity contribution in [2.45, 2.75) is 31.7 Å². The summed E-state index contributed by atoms with van der Waals surface area (Å²) in [6.07, 6.45) is 1.78. The molecule has 30 heavy (non-hydrogen) atoms. The lowest BCUT2D eigenvalue weighted by Gasteiger charge is -2.38. The summed E-state index contributed by atoms with van der Waals surface area (Å²) >= 11 is 0. The average molecular weight is 527 g/mol. The summed E-state index contributed by atoms with van der Waals surface area (Å²) in [5.74, 6) is 1.38. The van der Waals surface area contributed by atoms with Crippen LogP contribution in [0.3, 0.4) is 0 Å². The fraction of sp³-hybridized carbons (Fsp3) is 0.435. The first-order valence-electron chi connectivity index (χ1n) is 10.1. The molecule has 0 radical (unpaired) electrons. The topological polar surface area (TPSA) is 54.9 Å². The van der Waals surface area contributed by atoms with Crippen molar-refractivity contribution in [3.05, 3.63) is 65.5 Å². The molecule has 0 aromatic heterocycles. The highest BCUT2D eigenvalue weighted by molar-refractivity contribution is 14.0. The molecule has 0 aliphatic carbocycles. The van der Waals surface area contributed by atoms with Crippen LogP contribution in [0.25, 0.3) is 0 Å². The monoisotopic (exact) mass is 527 g/mol. The van der Waals surface area contributed by atoms with E-state index in [9.17, 15) is 4.39 Å². The number of nitrogens with one attached hydrogen (secondary N) is 2. The van der Waals surface area contributed by atoms with E-state index >= 15 is 0 Å². The van der Waals surface area contributed by atoms with Crippen LogP contribution in [0.5, 0.6) is 5.75 Å². The van der Waals surface area contributed by atoms with E-state index < -0.39 is 0 Å². The highest BCUT2D eigenvalue weighted by atomic mass is 127. The molecule has 1 heterocycles. The molecule has 5 nitrogen and oxygen atoms in total. The fourth-order valence-corrected chi connectivity index (χ4v) is 3.67. The summed E-state index contributed by atoms with van der Waals surface area (Å²) in [5, 5.41) is 6.82. The third-order valence-corrected chi connectivity index (χ3v) is 5.40. The van der Waals surface area contributed by atoms with Crippen LogP contribution < -0.4 is 15.4 Å². The van der Waals surface area contributed by atoms with Crippen LogP contribution in [0.2, 0.25) is 0 Å². The van der Waals surface area contributed by atoms with Gasteiger partial charge in [-0.15, -0.1) is 24.0 Å². The number of methoxy groups -OCH3 is 1.